The molecule has 1 aromatic carbocycles. The lowest BCUT2D eigenvalue weighted by molar-refractivity contribution is 1.07. The molecule has 2 aromatic rings. The van der Waals surface area contributed by atoms with E-state index in [-0.39, 0.29) is 0 Å². The van der Waals surface area contributed by atoms with Crippen LogP contribution in [-0.4, -0.2) is 10.2 Å². The molecular weight excluding hydrogens is 218 g/mol. The van der Waals surface area contributed by atoms with Crippen LogP contribution in [0.4, 0.5) is 5.69 Å². The van der Waals surface area contributed by atoms with Crippen molar-refractivity contribution in [3.63, 3.8) is 0 Å². The molecule has 1 aromatic heterocycles. The highest BCUT2D eigenvalue weighted by Crippen LogP contribution is 2.28. The van der Waals surface area contributed by atoms with Crippen molar-refractivity contribution in [2.75, 3.05) is 5.73 Å². The van der Waals surface area contributed by atoms with Gasteiger partial charge in [0.25, 0.3) is 0 Å². The maximum atomic E-state index is 5.69. The highest BCUT2D eigenvalue weighted by molar-refractivity contribution is 9.10. The Morgan fingerprint density at radius 2 is 2.25 bits per heavy atom. The number of H-pyrrole nitrogens is 1. The van der Waals surface area contributed by atoms with Gasteiger partial charge in [0.05, 0.1) is 4.47 Å². The molecule has 0 spiro atoms. The Morgan fingerprint density at radius 1 is 1.50 bits per heavy atom. The van der Waals surface area contributed by atoms with Crippen LogP contribution in [0.3, 0.4) is 0 Å². The fourth-order valence-corrected chi connectivity index (χ4v) is 1.63. The number of nitrogens with one attached hydrogen (secondary N) is 1. The van der Waals surface area contributed by atoms with Gasteiger partial charge in [-0.3, -0.25) is 5.10 Å². The average Bonchev–Trinajstić information content (AvgIpc) is 2.41. The van der Waals surface area contributed by atoms with Crippen LogP contribution >= 0.6 is 15.9 Å². The molecular formula is C8H8BrN3. The highest BCUT2D eigenvalue weighted by atomic mass is 79.9. The number of aromatic nitrogens is 2. The molecule has 3 N–H and O–H groups in total. The van der Waals surface area contributed by atoms with Gasteiger partial charge in [-0.2, -0.15) is 5.10 Å². The van der Waals surface area contributed by atoms with Gasteiger partial charge in [0.1, 0.15) is 5.52 Å². The Bertz CT molecular complexity index is 433. The first-order valence-corrected chi connectivity index (χ1v) is 4.38. The summed E-state index contributed by atoms with van der Waals surface area (Å²) in [5, 5.41) is 8.14. The van der Waals surface area contributed by atoms with Crippen LogP contribution in [0.25, 0.3) is 10.9 Å². The van der Waals surface area contributed by atoms with E-state index in [9.17, 15) is 0 Å². The first-order chi connectivity index (χ1) is 5.70. The standard InChI is InChI=1S/C8H8BrN3/c1-4-5-2-3-6(10)7(9)8(5)12-11-4/h2-3H,10H2,1H3,(H,11,12). The molecule has 0 saturated heterocycles. The largest absolute Gasteiger partial charge is 0.398 e. The molecule has 12 heavy (non-hydrogen) atoms. The fourth-order valence-electron chi connectivity index (χ4n) is 1.19. The van der Waals surface area contributed by atoms with Crippen molar-refractivity contribution in [3.8, 4) is 0 Å². The van der Waals surface area contributed by atoms with Gasteiger partial charge >= 0.3 is 0 Å². The minimum atomic E-state index is 0.717. The van der Waals surface area contributed by atoms with E-state index in [2.05, 4.69) is 26.1 Å². The summed E-state index contributed by atoms with van der Waals surface area (Å²) in [4.78, 5) is 0. The number of fused-ring (bicyclic) bond motifs is 1. The Balaban J connectivity index is 2.93. The predicted octanol–water partition coefficient (Wildman–Crippen LogP) is 2.22. The Morgan fingerprint density at radius 3 is 3.00 bits per heavy atom. The van der Waals surface area contributed by atoms with Crippen molar-refractivity contribution in [1.29, 1.82) is 0 Å². The topological polar surface area (TPSA) is 54.7 Å². The lowest BCUT2D eigenvalue weighted by Gasteiger charge is -1.97. The van der Waals surface area contributed by atoms with Crippen molar-refractivity contribution in [2.24, 2.45) is 0 Å². The summed E-state index contributed by atoms with van der Waals surface area (Å²) >= 11 is 3.39. The predicted molar refractivity (Wildman–Crippen MR) is 52.9 cm³/mol. The van der Waals surface area contributed by atoms with E-state index >= 15 is 0 Å². The highest BCUT2D eigenvalue weighted by Gasteiger charge is 2.06. The van der Waals surface area contributed by atoms with Crippen LogP contribution in [0.15, 0.2) is 16.6 Å². The first-order valence-electron chi connectivity index (χ1n) is 3.59. The zero-order valence-corrected chi connectivity index (χ0v) is 8.14. The number of aryl methyl sites for hydroxylation is 1. The van der Waals surface area contributed by atoms with Crippen LogP contribution in [0.1, 0.15) is 5.69 Å². The van der Waals surface area contributed by atoms with Gasteiger partial charge in [0.2, 0.25) is 0 Å². The number of aromatic amines is 1. The molecule has 0 radical (unpaired) electrons. The molecule has 0 aliphatic carbocycles. The Kier molecular flexibility index (Phi) is 1.58. The molecule has 0 atom stereocenters. The number of nitrogens with zero attached hydrogens (tertiary/aromatic N) is 1. The van der Waals surface area contributed by atoms with Crippen LogP contribution in [0, 0.1) is 6.92 Å². The number of nitrogens with two attached hydrogens (primary N) is 1. The fraction of sp³-hybridized carbons (Fsp3) is 0.125. The van der Waals surface area contributed by atoms with Crippen molar-refractivity contribution in [1.82, 2.24) is 10.2 Å². The lowest BCUT2D eigenvalue weighted by atomic mass is 10.2. The van der Waals surface area contributed by atoms with Crippen molar-refractivity contribution in [2.45, 2.75) is 6.92 Å². The molecule has 0 bridgehead atoms. The van der Waals surface area contributed by atoms with Gasteiger partial charge in [0.15, 0.2) is 0 Å². The van der Waals surface area contributed by atoms with Gasteiger partial charge in [-0.25, -0.2) is 0 Å². The zero-order chi connectivity index (χ0) is 8.72. The summed E-state index contributed by atoms with van der Waals surface area (Å²) in [6, 6.07) is 3.84. The van der Waals surface area contributed by atoms with Gasteiger partial charge in [0, 0.05) is 16.8 Å². The second-order valence-electron chi connectivity index (χ2n) is 2.71. The number of hydrogen-bond donors (Lipinski definition) is 2. The van der Waals surface area contributed by atoms with Crippen LogP contribution in [0.5, 0.6) is 0 Å². The SMILES string of the molecule is Cc1[nH]nc2c(Br)c(N)ccc12. The molecule has 0 amide bonds. The summed E-state index contributed by atoms with van der Waals surface area (Å²) in [7, 11) is 0. The second kappa shape index (κ2) is 2.48. The Hall–Kier alpha value is -1.03. The van der Waals surface area contributed by atoms with Crippen LogP contribution < -0.4 is 5.73 Å². The summed E-state index contributed by atoms with van der Waals surface area (Å²) in [6.45, 7) is 1.98. The van der Waals surface area contributed by atoms with Gasteiger partial charge in [-0.15, -0.1) is 0 Å². The van der Waals surface area contributed by atoms with Gasteiger partial charge in [-0.05, 0) is 35.0 Å². The monoisotopic (exact) mass is 225 g/mol. The van der Waals surface area contributed by atoms with E-state index in [0.717, 1.165) is 21.1 Å². The molecule has 4 heteroatoms. The molecule has 1 heterocycles. The number of benzene rings is 1. The minimum Gasteiger partial charge on any atom is -0.398 e. The third kappa shape index (κ3) is 0.914. The maximum Gasteiger partial charge on any atom is 0.109 e. The third-order valence-corrected chi connectivity index (χ3v) is 2.72. The van der Waals surface area contributed by atoms with Crippen LogP contribution in [0.2, 0.25) is 0 Å². The number of halogens is 1. The van der Waals surface area contributed by atoms with Gasteiger partial charge in [-0.1, -0.05) is 0 Å². The molecule has 0 aliphatic rings. The van der Waals surface area contributed by atoms with Crippen molar-refractivity contribution in [3.05, 3.63) is 22.3 Å². The molecule has 0 aliphatic heterocycles. The van der Waals surface area contributed by atoms with Crippen molar-refractivity contribution < 1.29 is 0 Å². The molecule has 0 unspecified atom stereocenters. The molecule has 62 valence electrons. The van der Waals surface area contributed by atoms with Crippen LogP contribution in [-0.2, 0) is 0 Å². The number of nitrogen functional groups attached to an aromatic ring is 1. The number of hydrogen-bond acceptors (Lipinski definition) is 2. The summed E-state index contributed by atoms with van der Waals surface area (Å²) in [5.41, 5.74) is 8.37. The second-order valence-corrected chi connectivity index (χ2v) is 3.51. The van der Waals surface area contributed by atoms with Gasteiger partial charge < -0.3 is 5.73 Å². The molecule has 0 fully saturated rings. The number of rotatable bonds is 0. The zero-order valence-electron chi connectivity index (χ0n) is 6.56. The van der Waals surface area contributed by atoms with Crippen molar-refractivity contribution >= 4 is 32.5 Å². The molecule has 2 rings (SSSR count). The smallest absolute Gasteiger partial charge is 0.109 e. The van der Waals surface area contributed by atoms with E-state index < -0.39 is 0 Å². The van der Waals surface area contributed by atoms with E-state index in [1.807, 2.05) is 19.1 Å². The lowest BCUT2D eigenvalue weighted by Crippen LogP contribution is -1.86. The first kappa shape index (κ1) is 7.61. The summed E-state index contributed by atoms with van der Waals surface area (Å²) in [5.74, 6) is 0. The maximum absolute atomic E-state index is 5.69. The van der Waals surface area contributed by atoms with E-state index in [4.69, 9.17) is 5.73 Å². The minimum absolute atomic E-state index is 0.717. The normalized spacial score (nSPS) is 10.8. The van der Waals surface area contributed by atoms with E-state index in [0.29, 0.717) is 5.69 Å². The average molecular weight is 226 g/mol. The quantitative estimate of drug-likeness (QED) is 0.676. The summed E-state index contributed by atoms with van der Waals surface area (Å²) < 4.78 is 0.865. The summed E-state index contributed by atoms with van der Waals surface area (Å²) in [6.07, 6.45) is 0. The molecule has 3 nitrogen and oxygen atoms in total. The molecule has 0 saturated carbocycles. The van der Waals surface area contributed by atoms with E-state index in [1.54, 1.807) is 0 Å². The van der Waals surface area contributed by atoms with E-state index in [1.165, 1.54) is 0 Å². The third-order valence-electron chi connectivity index (χ3n) is 1.89. The number of anilines is 1. The Labute approximate surface area is 78.1 Å².